The molecule has 0 spiro atoms. The number of aromatic nitrogens is 6. The molecule has 0 bridgehead atoms. The number of fused-ring (bicyclic) bond motifs is 2. The third-order valence-electron chi connectivity index (χ3n) is 6.96. The van der Waals surface area contributed by atoms with Crippen LogP contribution in [-0.4, -0.2) is 48.1 Å². The van der Waals surface area contributed by atoms with Crippen LogP contribution in [0.1, 0.15) is 24.8 Å². The minimum Gasteiger partial charge on any atom is -0.353 e. The highest BCUT2D eigenvalue weighted by Gasteiger charge is 2.17. The molecule has 0 saturated carbocycles. The van der Waals surface area contributed by atoms with Crippen LogP contribution in [-0.2, 0) is 6.54 Å². The van der Waals surface area contributed by atoms with Crippen molar-refractivity contribution in [3.05, 3.63) is 71.7 Å². The lowest BCUT2D eigenvalue weighted by molar-refractivity contribution is 0.220. The van der Waals surface area contributed by atoms with Crippen molar-refractivity contribution < 1.29 is 4.39 Å². The fourth-order valence-corrected chi connectivity index (χ4v) is 5.90. The number of hydrogen-bond acceptors (Lipinski definition) is 6. The molecule has 0 aliphatic carbocycles. The van der Waals surface area contributed by atoms with Crippen LogP contribution < -0.4 is 0 Å². The lowest BCUT2D eigenvalue weighted by Crippen LogP contribution is -2.29. The number of nitrogens with one attached hydrogen (secondary N) is 2. The zero-order chi connectivity index (χ0) is 24.8. The summed E-state index contributed by atoms with van der Waals surface area (Å²) in [4.78, 5) is 20.8. The predicted octanol–water partition coefficient (Wildman–Crippen LogP) is 6.42. The molecule has 1 fully saturated rings. The predicted molar refractivity (Wildman–Crippen MR) is 145 cm³/mol. The Morgan fingerprint density at radius 3 is 2.73 bits per heavy atom. The Balaban J connectivity index is 1.26. The van der Waals surface area contributed by atoms with E-state index < -0.39 is 0 Å². The first-order valence-corrected chi connectivity index (χ1v) is 13.3. The summed E-state index contributed by atoms with van der Waals surface area (Å²) in [6.45, 7) is 3.21. The number of nitrogens with zero attached hydrogens (tertiary/aromatic N) is 5. The molecule has 1 aliphatic heterocycles. The van der Waals surface area contributed by atoms with E-state index in [2.05, 4.69) is 36.1 Å². The van der Waals surface area contributed by atoms with Crippen molar-refractivity contribution in [1.82, 2.24) is 35.0 Å². The Morgan fingerprint density at radius 1 is 0.946 bits per heavy atom. The van der Waals surface area contributed by atoms with Crippen molar-refractivity contribution in [2.75, 3.05) is 13.1 Å². The van der Waals surface area contributed by atoms with E-state index in [4.69, 9.17) is 4.98 Å². The van der Waals surface area contributed by atoms with E-state index in [0.29, 0.717) is 0 Å². The number of likely N-dealkylation sites (tertiary alicyclic amines) is 1. The first-order valence-electron chi connectivity index (χ1n) is 12.5. The van der Waals surface area contributed by atoms with Gasteiger partial charge in [-0.15, -0.1) is 11.3 Å². The van der Waals surface area contributed by atoms with E-state index in [1.807, 2.05) is 36.7 Å². The van der Waals surface area contributed by atoms with Crippen molar-refractivity contribution in [3.8, 4) is 33.2 Å². The largest absolute Gasteiger partial charge is 0.353 e. The van der Waals surface area contributed by atoms with Crippen LogP contribution in [0.3, 0.4) is 0 Å². The molecule has 7 rings (SSSR count). The highest BCUT2D eigenvalue weighted by atomic mass is 32.1. The number of aromatic amines is 2. The number of thiophene rings is 1. The topological polar surface area (TPSA) is 86.4 Å². The van der Waals surface area contributed by atoms with E-state index in [1.54, 1.807) is 12.3 Å². The summed E-state index contributed by atoms with van der Waals surface area (Å²) in [7, 11) is 0. The Bertz CT molecular complexity index is 1730. The van der Waals surface area contributed by atoms with Gasteiger partial charge in [0.1, 0.15) is 11.2 Å². The summed E-state index contributed by atoms with van der Waals surface area (Å²) >= 11 is 1.09. The van der Waals surface area contributed by atoms with Gasteiger partial charge in [-0.3, -0.25) is 20.0 Å². The second-order valence-corrected chi connectivity index (χ2v) is 10.5. The normalized spacial score (nSPS) is 14.6. The zero-order valence-electron chi connectivity index (χ0n) is 20.0. The quantitative estimate of drug-likeness (QED) is 0.280. The molecule has 6 aromatic heterocycles. The number of pyridine rings is 3. The Morgan fingerprint density at radius 2 is 1.86 bits per heavy atom. The third kappa shape index (κ3) is 4.20. The molecule has 184 valence electrons. The summed E-state index contributed by atoms with van der Waals surface area (Å²) in [6.07, 6.45) is 9.42. The maximum absolute atomic E-state index is 13.7. The Labute approximate surface area is 216 Å². The van der Waals surface area contributed by atoms with Crippen molar-refractivity contribution in [3.63, 3.8) is 0 Å². The molecule has 0 amide bonds. The Hall–Kier alpha value is -3.95. The molecular weight excluding hydrogens is 485 g/mol. The van der Waals surface area contributed by atoms with Gasteiger partial charge in [-0.05, 0) is 74.0 Å². The van der Waals surface area contributed by atoms with Gasteiger partial charge in [0.15, 0.2) is 5.13 Å². The SMILES string of the molecule is Fc1ccc(-c2nccc3[nH]c(-c4n[nH]c5ccc(-c6cncc(CN7CCCCC7)c6)nc45)cc23)s1. The summed E-state index contributed by atoms with van der Waals surface area (Å²) < 4.78 is 13.7. The highest BCUT2D eigenvalue weighted by Crippen LogP contribution is 2.35. The van der Waals surface area contributed by atoms with Crippen molar-refractivity contribution >= 4 is 33.3 Å². The molecule has 0 unspecified atom stereocenters. The number of H-pyrrole nitrogens is 2. The Kier molecular flexibility index (Phi) is 5.52. The first kappa shape index (κ1) is 22.3. The average molecular weight is 510 g/mol. The van der Waals surface area contributed by atoms with Crippen LogP contribution in [0.2, 0.25) is 0 Å². The number of rotatable bonds is 5. The molecule has 2 N–H and O–H groups in total. The van der Waals surface area contributed by atoms with Gasteiger partial charge in [0, 0.05) is 41.6 Å². The number of piperidine rings is 1. The smallest absolute Gasteiger partial charge is 0.177 e. The minimum absolute atomic E-state index is 0.228. The molecular formula is C28H24FN7S. The second kappa shape index (κ2) is 9.17. The zero-order valence-corrected chi connectivity index (χ0v) is 20.9. The monoisotopic (exact) mass is 509 g/mol. The van der Waals surface area contributed by atoms with E-state index in [-0.39, 0.29) is 5.13 Å². The first-order chi connectivity index (χ1) is 18.2. The molecule has 1 saturated heterocycles. The summed E-state index contributed by atoms with van der Waals surface area (Å²) in [6, 6.07) is 13.4. The van der Waals surface area contributed by atoms with Gasteiger partial charge in [0.25, 0.3) is 0 Å². The van der Waals surface area contributed by atoms with Crippen LogP contribution in [0.15, 0.2) is 61.1 Å². The van der Waals surface area contributed by atoms with Gasteiger partial charge in [-0.1, -0.05) is 6.42 Å². The summed E-state index contributed by atoms with van der Waals surface area (Å²) in [5.41, 5.74) is 7.91. The molecule has 37 heavy (non-hydrogen) atoms. The lowest BCUT2D eigenvalue weighted by atomic mass is 10.1. The molecule has 7 heterocycles. The fourth-order valence-electron chi connectivity index (χ4n) is 5.16. The van der Waals surface area contributed by atoms with Crippen LogP contribution >= 0.6 is 11.3 Å². The van der Waals surface area contributed by atoms with Crippen LogP contribution in [0.4, 0.5) is 4.39 Å². The van der Waals surface area contributed by atoms with Gasteiger partial charge in [-0.2, -0.15) is 9.49 Å². The number of halogens is 1. The maximum atomic E-state index is 13.7. The van der Waals surface area contributed by atoms with Crippen molar-refractivity contribution in [2.24, 2.45) is 0 Å². The van der Waals surface area contributed by atoms with Gasteiger partial charge in [0.2, 0.25) is 0 Å². The van der Waals surface area contributed by atoms with Crippen LogP contribution in [0.5, 0.6) is 0 Å². The third-order valence-corrected chi connectivity index (χ3v) is 7.84. The van der Waals surface area contributed by atoms with Crippen LogP contribution in [0.25, 0.3) is 55.2 Å². The standard InChI is InChI=1S/C28H24FN7S/c29-25-7-6-24(37-25)26-19-13-23(32-21(19)8-9-31-26)28-27-22(34-35-28)5-4-20(33-27)18-12-17(14-30-15-18)16-36-10-2-1-3-11-36/h4-9,12-15,32H,1-3,10-11,16H2,(H,34,35). The van der Waals surface area contributed by atoms with E-state index in [9.17, 15) is 4.39 Å². The summed E-state index contributed by atoms with van der Waals surface area (Å²) in [5.74, 6) is 0. The molecule has 7 nitrogen and oxygen atoms in total. The molecule has 0 aromatic carbocycles. The maximum Gasteiger partial charge on any atom is 0.177 e. The van der Waals surface area contributed by atoms with E-state index in [0.717, 1.165) is 86.1 Å². The van der Waals surface area contributed by atoms with E-state index in [1.165, 1.54) is 30.9 Å². The average Bonchev–Trinajstić information content (AvgIpc) is 3.66. The lowest BCUT2D eigenvalue weighted by Gasteiger charge is -2.26. The fraction of sp³-hybridized carbons (Fsp3) is 0.214. The number of hydrogen-bond donors (Lipinski definition) is 2. The second-order valence-electron chi connectivity index (χ2n) is 9.49. The van der Waals surface area contributed by atoms with Crippen molar-refractivity contribution in [2.45, 2.75) is 25.8 Å². The molecule has 0 atom stereocenters. The molecule has 0 radical (unpaired) electrons. The molecule has 9 heteroatoms. The molecule has 1 aliphatic rings. The van der Waals surface area contributed by atoms with Gasteiger partial charge in [-0.25, -0.2) is 4.98 Å². The summed E-state index contributed by atoms with van der Waals surface area (Å²) in [5, 5.41) is 8.38. The minimum atomic E-state index is -0.228. The van der Waals surface area contributed by atoms with E-state index >= 15 is 0 Å². The van der Waals surface area contributed by atoms with Crippen molar-refractivity contribution in [1.29, 1.82) is 0 Å². The van der Waals surface area contributed by atoms with Gasteiger partial charge in [0.05, 0.1) is 27.5 Å². The van der Waals surface area contributed by atoms with Gasteiger partial charge >= 0.3 is 0 Å². The van der Waals surface area contributed by atoms with Gasteiger partial charge < -0.3 is 4.98 Å². The van der Waals surface area contributed by atoms with Crippen LogP contribution in [0, 0.1) is 5.13 Å². The molecule has 6 aromatic rings. The highest BCUT2D eigenvalue weighted by molar-refractivity contribution is 7.13.